The molecular weight excluding hydrogens is 574 g/mol. The van der Waals surface area contributed by atoms with Crippen molar-refractivity contribution in [3.63, 3.8) is 0 Å². The number of para-hydroxylation sites is 1. The Bertz CT molecular complexity index is 1730. The van der Waals surface area contributed by atoms with Gasteiger partial charge in [-0.05, 0) is 73.2 Å². The van der Waals surface area contributed by atoms with Gasteiger partial charge in [0.15, 0.2) is 0 Å². The molecule has 12 heteroatoms. The minimum Gasteiger partial charge on any atom is -0.495 e. The lowest BCUT2D eigenvalue weighted by Crippen LogP contribution is -2.38. The summed E-state index contributed by atoms with van der Waals surface area (Å²) in [6, 6.07) is 24.6. The maximum Gasteiger partial charge on any atom is 0.264 e. The molecule has 0 saturated heterocycles. The van der Waals surface area contributed by atoms with Crippen LogP contribution in [-0.2, 0) is 24.8 Å². The van der Waals surface area contributed by atoms with Crippen molar-refractivity contribution >= 4 is 54.6 Å². The normalized spacial score (nSPS) is 11.5. The molecule has 4 aromatic rings. The van der Waals surface area contributed by atoms with Crippen LogP contribution in [0.15, 0.2) is 107 Å². The lowest BCUT2D eigenvalue weighted by Gasteiger charge is -2.25. The molecule has 0 atom stereocenters. The lowest BCUT2D eigenvalue weighted by molar-refractivity contribution is -0.114. The summed E-state index contributed by atoms with van der Waals surface area (Å²) in [5.41, 5.74) is 1.55. The van der Waals surface area contributed by atoms with E-state index in [0.717, 1.165) is 9.87 Å². The van der Waals surface area contributed by atoms with Crippen LogP contribution in [0.25, 0.3) is 0 Å². The number of nitrogens with zero attached hydrogens (tertiary/aromatic N) is 1. The Balaban J connectivity index is 1.54. The highest BCUT2D eigenvalue weighted by molar-refractivity contribution is 7.93. The van der Waals surface area contributed by atoms with Crippen LogP contribution in [0.4, 0.5) is 17.1 Å². The fourth-order valence-corrected chi connectivity index (χ4v) is 6.64. The standard InChI is InChI=1S/C28H26ClN3O6S2/c1-20-12-17-27(38-2)25(18-20)31-39(34,35)22-15-13-21(14-16-22)30-28(33)19-32(26-11-7-6-10-24(26)29)40(36,37)23-8-4-3-5-9-23/h3-18,31H,19H2,1-2H3,(H,30,33). The van der Waals surface area contributed by atoms with Crippen LogP contribution >= 0.6 is 11.6 Å². The Kier molecular flexibility index (Phi) is 8.67. The average Bonchev–Trinajstić information content (AvgIpc) is 2.93. The van der Waals surface area contributed by atoms with Crippen LogP contribution < -0.4 is 19.1 Å². The third kappa shape index (κ3) is 6.56. The predicted octanol–water partition coefficient (Wildman–Crippen LogP) is 5.29. The molecule has 0 aliphatic heterocycles. The van der Waals surface area contributed by atoms with Crippen molar-refractivity contribution in [2.75, 3.05) is 28.0 Å². The largest absolute Gasteiger partial charge is 0.495 e. The molecule has 0 fully saturated rings. The predicted molar refractivity (Wildman–Crippen MR) is 156 cm³/mol. The molecule has 0 bridgehead atoms. The van der Waals surface area contributed by atoms with Crippen molar-refractivity contribution < 1.29 is 26.4 Å². The van der Waals surface area contributed by atoms with Gasteiger partial charge < -0.3 is 10.1 Å². The van der Waals surface area contributed by atoms with E-state index in [4.69, 9.17) is 16.3 Å². The van der Waals surface area contributed by atoms with E-state index in [1.54, 1.807) is 48.5 Å². The lowest BCUT2D eigenvalue weighted by atomic mass is 10.2. The van der Waals surface area contributed by atoms with Crippen molar-refractivity contribution in [3.8, 4) is 5.75 Å². The molecule has 0 spiro atoms. The molecular formula is C28H26ClN3O6S2. The molecule has 9 nitrogen and oxygen atoms in total. The van der Waals surface area contributed by atoms with Gasteiger partial charge in [0.1, 0.15) is 12.3 Å². The van der Waals surface area contributed by atoms with Crippen molar-refractivity contribution in [3.05, 3.63) is 108 Å². The number of sulfonamides is 2. The Morgan fingerprint density at radius 2 is 1.50 bits per heavy atom. The number of nitrogens with one attached hydrogen (secondary N) is 2. The first kappa shape index (κ1) is 28.9. The number of hydrogen-bond acceptors (Lipinski definition) is 6. The summed E-state index contributed by atoms with van der Waals surface area (Å²) in [4.78, 5) is 13.0. The summed E-state index contributed by atoms with van der Waals surface area (Å²) in [6.45, 7) is 1.25. The first-order valence-electron chi connectivity index (χ1n) is 11.9. The Morgan fingerprint density at radius 3 is 2.15 bits per heavy atom. The van der Waals surface area contributed by atoms with E-state index in [0.29, 0.717) is 11.4 Å². The molecule has 0 saturated carbocycles. The molecule has 0 aliphatic carbocycles. The first-order chi connectivity index (χ1) is 19.0. The molecule has 40 heavy (non-hydrogen) atoms. The molecule has 0 aliphatic rings. The van der Waals surface area contributed by atoms with E-state index < -0.39 is 32.5 Å². The second kappa shape index (κ2) is 12.0. The second-order valence-electron chi connectivity index (χ2n) is 8.66. The van der Waals surface area contributed by atoms with Crippen molar-refractivity contribution in [1.29, 1.82) is 0 Å². The summed E-state index contributed by atoms with van der Waals surface area (Å²) >= 11 is 6.29. The zero-order valence-corrected chi connectivity index (χ0v) is 23.9. The third-order valence-electron chi connectivity index (χ3n) is 5.79. The maximum atomic E-state index is 13.4. The second-order valence-corrected chi connectivity index (χ2v) is 12.6. The number of anilines is 3. The van der Waals surface area contributed by atoms with Gasteiger partial charge in [-0.15, -0.1) is 0 Å². The zero-order valence-electron chi connectivity index (χ0n) is 21.5. The minimum atomic E-state index is -4.14. The van der Waals surface area contributed by atoms with Gasteiger partial charge in [0.2, 0.25) is 5.91 Å². The smallest absolute Gasteiger partial charge is 0.264 e. The Morgan fingerprint density at radius 1 is 0.850 bits per heavy atom. The number of rotatable bonds is 10. The molecule has 0 unspecified atom stereocenters. The fraction of sp³-hybridized carbons (Fsp3) is 0.107. The SMILES string of the molecule is COc1ccc(C)cc1NS(=O)(=O)c1ccc(NC(=O)CN(c2ccccc2Cl)S(=O)(=O)c2ccccc2)cc1. The van der Waals surface area contributed by atoms with Gasteiger partial charge in [0.05, 0.1) is 33.3 Å². The van der Waals surface area contributed by atoms with Gasteiger partial charge in [-0.3, -0.25) is 13.8 Å². The Labute approximate surface area is 238 Å². The van der Waals surface area contributed by atoms with Crippen LogP contribution in [0.2, 0.25) is 5.02 Å². The van der Waals surface area contributed by atoms with Gasteiger partial charge >= 0.3 is 0 Å². The number of hydrogen-bond donors (Lipinski definition) is 2. The average molecular weight is 600 g/mol. The summed E-state index contributed by atoms with van der Waals surface area (Å²) < 4.78 is 61.5. The molecule has 208 valence electrons. The summed E-state index contributed by atoms with van der Waals surface area (Å²) in [6.07, 6.45) is 0. The number of aryl methyl sites for hydroxylation is 1. The monoisotopic (exact) mass is 599 g/mol. The molecule has 0 aromatic heterocycles. The maximum absolute atomic E-state index is 13.4. The van der Waals surface area contributed by atoms with Crippen LogP contribution in [0.1, 0.15) is 5.56 Å². The van der Waals surface area contributed by atoms with Crippen molar-refractivity contribution in [1.82, 2.24) is 0 Å². The van der Waals surface area contributed by atoms with Gasteiger partial charge in [0.25, 0.3) is 20.0 Å². The quantitative estimate of drug-likeness (QED) is 0.255. The highest BCUT2D eigenvalue weighted by Crippen LogP contribution is 2.31. The summed E-state index contributed by atoms with van der Waals surface area (Å²) in [5.74, 6) is -0.288. The number of carbonyl (C=O) groups is 1. The molecule has 1 amide bonds. The molecule has 0 heterocycles. The summed E-state index contributed by atoms with van der Waals surface area (Å²) in [7, 11) is -6.66. The molecule has 4 aromatic carbocycles. The van der Waals surface area contributed by atoms with E-state index in [1.165, 1.54) is 55.6 Å². The van der Waals surface area contributed by atoms with Crippen LogP contribution in [0, 0.1) is 6.92 Å². The fourth-order valence-electron chi connectivity index (χ4n) is 3.83. The number of methoxy groups -OCH3 is 1. The molecule has 2 N–H and O–H groups in total. The Hall–Kier alpha value is -4.06. The van der Waals surface area contributed by atoms with Crippen molar-refractivity contribution in [2.45, 2.75) is 16.7 Å². The van der Waals surface area contributed by atoms with Gasteiger partial charge in [-0.2, -0.15) is 0 Å². The number of amides is 1. The highest BCUT2D eigenvalue weighted by atomic mass is 35.5. The highest BCUT2D eigenvalue weighted by Gasteiger charge is 2.28. The van der Waals surface area contributed by atoms with E-state index in [2.05, 4.69) is 10.0 Å². The number of carbonyl (C=O) groups excluding carboxylic acids is 1. The number of halogens is 1. The first-order valence-corrected chi connectivity index (χ1v) is 15.2. The topological polar surface area (TPSA) is 122 Å². The van der Waals surface area contributed by atoms with Crippen LogP contribution in [0.5, 0.6) is 5.75 Å². The van der Waals surface area contributed by atoms with E-state index >= 15 is 0 Å². The summed E-state index contributed by atoms with van der Waals surface area (Å²) in [5, 5.41) is 2.77. The number of ether oxygens (including phenoxy) is 1. The molecule has 0 radical (unpaired) electrons. The number of benzene rings is 4. The van der Waals surface area contributed by atoms with Gasteiger partial charge in [-0.1, -0.05) is 48.0 Å². The minimum absolute atomic E-state index is 0.00461. The third-order valence-corrected chi connectivity index (χ3v) is 9.26. The van der Waals surface area contributed by atoms with Crippen LogP contribution in [0.3, 0.4) is 0 Å². The molecule has 4 rings (SSSR count). The van der Waals surface area contributed by atoms with Crippen LogP contribution in [-0.4, -0.2) is 36.4 Å². The zero-order chi connectivity index (χ0) is 28.9. The van der Waals surface area contributed by atoms with E-state index in [9.17, 15) is 21.6 Å². The van der Waals surface area contributed by atoms with Gasteiger partial charge in [-0.25, -0.2) is 16.8 Å². The van der Waals surface area contributed by atoms with Gasteiger partial charge in [0, 0.05) is 5.69 Å². The van der Waals surface area contributed by atoms with E-state index in [-0.39, 0.29) is 26.2 Å². The van der Waals surface area contributed by atoms with E-state index in [1.807, 2.05) is 6.92 Å². The van der Waals surface area contributed by atoms with Crippen molar-refractivity contribution in [2.24, 2.45) is 0 Å².